The Labute approximate surface area is 157 Å². The molecule has 0 bridgehead atoms. The summed E-state index contributed by atoms with van der Waals surface area (Å²) in [5.41, 5.74) is 3.89. The molecule has 3 heteroatoms. The summed E-state index contributed by atoms with van der Waals surface area (Å²) in [5, 5.41) is 3.22. The molecule has 0 saturated carbocycles. The van der Waals surface area contributed by atoms with Crippen LogP contribution in [0.1, 0.15) is 37.3 Å². The van der Waals surface area contributed by atoms with Crippen molar-refractivity contribution in [3.63, 3.8) is 0 Å². The van der Waals surface area contributed by atoms with Crippen molar-refractivity contribution < 1.29 is 4.79 Å². The molecule has 1 atom stereocenters. The van der Waals surface area contributed by atoms with Crippen LogP contribution < -0.4 is 10.2 Å². The summed E-state index contributed by atoms with van der Waals surface area (Å²) in [5.74, 6) is 0.380. The Bertz CT molecular complexity index is 688. The lowest BCUT2D eigenvalue weighted by molar-refractivity contribution is -0.126. The number of rotatable bonds is 6. The highest BCUT2D eigenvalue weighted by Gasteiger charge is 2.25. The summed E-state index contributed by atoms with van der Waals surface area (Å²) >= 11 is 0. The molecule has 1 aliphatic heterocycles. The second-order valence-corrected chi connectivity index (χ2v) is 7.53. The van der Waals surface area contributed by atoms with Gasteiger partial charge in [0.05, 0.1) is 0 Å². The van der Waals surface area contributed by atoms with E-state index in [1.807, 2.05) is 6.07 Å². The first kappa shape index (κ1) is 18.5. The van der Waals surface area contributed by atoms with Crippen LogP contribution in [0.3, 0.4) is 0 Å². The van der Waals surface area contributed by atoms with E-state index in [4.69, 9.17) is 0 Å². The number of anilines is 1. The Morgan fingerprint density at radius 3 is 2.38 bits per heavy atom. The molecular formula is C23H30N2O. The summed E-state index contributed by atoms with van der Waals surface area (Å²) in [6, 6.07) is 19.4. The van der Waals surface area contributed by atoms with Crippen molar-refractivity contribution in [1.29, 1.82) is 0 Å². The zero-order chi connectivity index (χ0) is 18.4. The van der Waals surface area contributed by atoms with Gasteiger partial charge >= 0.3 is 0 Å². The molecule has 0 aromatic heterocycles. The molecule has 0 aliphatic carbocycles. The number of hydrogen-bond donors (Lipinski definition) is 1. The molecule has 1 heterocycles. The van der Waals surface area contributed by atoms with Crippen LogP contribution in [-0.2, 0) is 11.2 Å². The molecule has 1 saturated heterocycles. The fourth-order valence-electron chi connectivity index (χ4n) is 3.62. The number of nitrogens with one attached hydrogen (secondary N) is 1. The molecule has 138 valence electrons. The van der Waals surface area contributed by atoms with Gasteiger partial charge in [-0.25, -0.2) is 0 Å². The average molecular weight is 351 g/mol. The summed E-state index contributed by atoms with van der Waals surface area (Å²) in [6.45, 7) is 6.14. The number of hydrogen-bond acceptors (Lipinski definition) is 2. The van der Waals surface area contributed by atoms with Gasteiger partial charge in [-0.3, -0.25) is 4.79 Å². The van der Waals surface area contributed by atoms with E-state index in [-0.39, 0.29) is 17.9 Å². The predicted molar refractivity (Wildman–Crippen MR) is 108 cm³/mol. The molecule has 2 aromatic rings. The number of piperidine rings is 1. The van der Waals surface area contributed by atoms with Gasteiger partial charge in [-0.05, 0) is 57.2 Å². The standard InChI is InChI=1S/C23H30N2O/c1-18-8-12-22(13-9-18)25-16-14-21(15-17-25)23(26)24-19(2)10-11-20-6-4-3-5-7-20/h3-9,12-13,19,21H,10-11,14-17H2,1-2H3,(H,24,26). The highest BCUT2D eigenvalue weighted by atomic mass is 16.1. The van der Waals surface area contributed by atoms with Crippen LogP contribution >= 0.6 is 0 Å². The van der Waals surface area contributed by atoms with E-state index in [2.05, 4.69) is 72.6 Å². The fraction of sp³-hybridized carbons (Fsp3) is 0.435. The van der Waals surface area contributed by atoms with Crippen LogP contribution in [0.25, 0.3) is 0 Å². The maximum Gasteiger partial charge on any atom is 0.223 e. The first-order valence-electron chi connectivity index (χ1n) is 9.78. The van der Waals surface area contributed by atoms with Gasteiger partial charge < -0.3 is 10.2 Å². The van der Waals surface area contributed by atoms with Crippen LogP contribution in [0.5, 0.6) is 0 Å². The minimum absolute atomic E-state index is 0.149. The van der Waals surface area contributed by atoms with Gasteiger partial charge in [-0.2, -0.15) is 0 Å². The fourth-order valence-corrected chi connectivity index (χ4v) is 3.62. The largest absolute Gasteiger partial charge is 0.371 e. The number of aryl methyl sites for hydroxylation is 2. The van der Waals surface area contributed by atoms with Crippen molar-refractivity contribution in [2.24, 2.45) is 5.92 Å². The summed E-state index contributed by atoms with van der Waals surface area (Å²) < 4.78 is 0. The molecule has 3 rings (SSSR count). The summed E-state index contributed by atoms with van der Waals surface area (Å²) in [4.78, 5) is 15.0. The predicted octanol–water partition coefficient (Wildman–Crippen LogP) is 4.35. The number of carbonyl (C=O) groups is 1. The molecule has 1 N–H and O–H groups in total. The van der Waals surface area contributed by atoms with Crippen molar-refractivity contribution in [3.05, 3.63) is 65.7 Å². The number of benzene rings is 2. The average Bonchev–Trinajstić information content (AvgIpc) is 2.68. The molecule has 1 aliphatic rings. The second kappa shape index (κ2) is 8.88. The molecular weight excluding hydrogens is 320 g/mol. The first-order valence-corrected chi connectivity index (χ1v) is 9.78. The maximum absolute atomic E-state index is 12.6. The van der Waals surface area contributed by atoms with Crippen LogP contribution in [0, 0.1) is 12.8 Å². The van der Waals surface area contributed by atoms with Crippen LogP contribution in [0.4, 0.5) is 5.69 Å². The SMILES string of the molecule is Cc1ccc(N2CCC(C(=O)NC(C)CCc3ccccc3)CC2)cc1. The van der Waals surface area contributed by atoms with Gasteiger partial charge in [0.2, 0.25) is 5.91 Å². The topological polar surface area (TPSA) is 32.3 Å². The molecule has 2 aromatic carbocycles. The van der Waals surface area contributed by atoms with Gasteiger partial charge in [0.1, 0.15) is 0 Å². The molecule has 1 fully saturated rings. The van der Waals surface area contributed by atoms with Crippen molar-refractivity contribution in [2.45, 2.75) is 45.6 Å². The molecule has 3 nitrogen and oxygen atoms in total. The Balaban J connectivity index is 1.42. The Morgan fingerprint density at radius 1 is 1.08 bits per heavy atom. The molecule has 0 radical (unpaired) electrons. The van der Waals surface area contributed by atoms with E-state index in [0.717, 1.165) is 38.8 Å². The first-order chi connectivity index (χ1) is 12.6. The third-order valence-corrected chi connectivity index (χ3v) is 5.36. The zero-order valence-electron chi connectivity index (χ0n) is 15.9. The van der Waals surface area contributed by atoms with Crippen LogP contribution in [0.15, 0.2) is 54.6 Å². The van der Waals surface area contributed by atoms with Crippen LogP contribution in [0.2, 0.25) is 0 Å². The zero-order valence-corrected chi connectivity index (χ0v) is 15.9. The maximum atomic E-state index is 12.6. The minimum atomic E-state index is 0.149. The third kappa shape index (κ3) is 5.10. The lowest BCUT2D eigenvalue weighted by Gasteiger charge is -2.33. The van der Waals surface area contributed by atoms with E-state index in [1.165, 1.54) is 16.8 Å². The highest BCUT2D eigenvalue weighted by molar-refractivity contribution is 5.79. The molecule has 1 amide bonds. The monoisotopic (exact) mass is 350 g/mol. The Morgan fingerprint density at radius 2 is 1.73 bits per heavy atom. The Kier molecular flexibility index (Phi) is 6.32. The summed E-state index contributed by atoms with van der Waals surface area (Å²) in [7, 11) is 0. The third-order valence-electron chi connectivity index (χ3n) is 5.36. The summed E-state index contributed by atoms with van der Waals surface area (Å²) in [6.07, 6.45) is 3.86. The number of nitrogens with zero attached hydrogens (tertiary/aromatic N) is 1. The van der Waals surface area contributed by atoms with E-state index < -0.39 is 0 Å². The Hall–Kier alpha value is -2.29. The second-order valence-electron chi connectivity index (χ2n) is 7.53. The van der Waals surface area contributed by atoms with Crippen molar-refractivity contribution in [2.75, 3.05) is 18.0 Å². The van der Waals surface area contributed by atoms with E-state index >= 15 is 0 Å². The number of carbonyl (C=O) groups excluding carboxylic acids is 1. The quantitative estimate of drug-likeness (QED) is 0.840. The molecule has 26 heavy (non-hydrogen) atoms. The minimum Gasteiger partial charge on any atom is -0.371 e. The lowest BCUT2D eigenvalue weighted by atomic mass is 9.94. The van der Waals surface area contributed by atoms with Gasteiger partial charge in [-0.1, -0.05) is 48.0 Å². The lowest BCUT2D eigenvalue weighted by Crippen LogP contribution is -2.43. The molecule has 0 spiro atoms. The smallest absolute Gasteiger partial charge is 0.223 e. The van der Waals surface area contributed by atoms with Crippen LogP contribution in [-0.4, -0.2) is 25.0 Å². The van der Waals surface area contributed by atoms with E-state index in [1.54, 1.807) is 0 Å². The van der Waals surface area contributed by atoms with Gasteiger partial charge in [-0.15, -0.1) is 0 Å². The van der Waals surface area contributed by atoms with Gasteiger partial charge in [0, 0.05) is 30.7 Å². The van der Waals surface area contributed by atoms with Gasteiger partial charge in [0.25, 0.3) is 0 Å². The van der Waals surface area contributed by atoms with Crippen molar-refractivity contribution in [3.8, 4) is 0 Å². The molecule has 1 unspecified atom stereocenters. The van der Waals surface area contributed by atoms with Gasteiger partial charge in [0.15, 0.2) is 0 Å². The normalized spacial score (nSPS) is 16.3. The van der Waals surface area contributed by atoms with E-state index in [0.29, 0.717) is 0 Å². The highest BCUT2D eigenvalue weighted by Crippen LogP contribution is 2.24. The van der Waals surface area contributed by atoms with Crippen molar-refractivity contribution >= 4 is 11.6 Å². The van der Waals surface area contributed by atoms with Crippen molar-refractivity contribution in [1.82, 2.24) is 5.32 Å². The van der Waals surface area contributed by atoms with E-state index in [9.17, 15) is 4.79 Å². The number of amides is 1.